The third-order valence-corrected chi connectivity index (χ3v) is 4.33. The molecule has 1 heterocycles. The van der Waals surface area contributed by atoms with Gasteiger partial charge >= 0.3 is 5.97 Å². The van der Waals surface area contributed by atoms with Crippen LogP contribution in [-0.4, -0.2) is 30.9 Å². The molecule has 0 aromatic heterocycles. The van der Waals surface area contributed by atoms with E-state index in [9.17, 15) is 14.4 Å². The van der Waals surface area contributed by atoms with Crippen LogP contribution in [-0.2, 0) is 19.1 Å². The van der Waals surface area contributed by atoms with Crippen molar-refractivity contribution in [2.24, 2.45) is 0 Å². The van der Waals surface area contributed by atoms with Gasteiger partial charge in [0.1, 0.15) is 6.04 Å². The first-order valence-electron chi connectivity index (χ1n) is 8.48. The Bertz CT molecular complexity index is 944. The lowest BCUT2D eigenvalue weighted by atomic mass is 10.1. The van der Waals surface area contributed by atoms with Crippen LogP contribution in [0.3, 0.4) is 0 Å². The molecule has 2 amide bonds. The number of anilines is 2. The fourth-order valence-electron chi connectivity index (χ4n) is 2.75. The first-order chi connectivity index (χ1) is 13.5. The second kappa shape index (κ2) is 8.58. The summed E-state index contributed by atoms with van der Waals surface area (Å²) in [6, 6.07) is 13.0. The predicted molar refractivity (Wildman–Crippen MR) is 107 cm³/mol. The van der Waals surface area contributed by atoms with Crippen molar-refractivity contribution in [2.45, 2.75) is 12.5 Å². The summed E-state index contributed by atoms with van der Waals surface area (Å²) in [5.74, 6) is -1.37. The lowest BCUT2D eigenvalue weighted by Gasteiger charge is -2.16. The molecule has 1 aliphatic rings. The van der Waals surface area contributed by atoms with E-state index in [2.05, 4.69) is 20.7 Å². The molecule has 1 unspecified atom stereocenters. The number of carbonyl (C=O) groups is 3. The van der Waals surface area contributed by atoms with Crippen LogP contribution in [0.4, 0.5) is 11.4 Å². The molecule has 2 aromatic carbocycles. The summed E-state index contributed by atoms with van der Waals surface area (Å²) in [7, 11) is 1.25. The van der Waals surface area contributed by atoms with E-state index >= 15 is 0 Å². The number of rotatable bonds is 4. The average Bonchev–Trinajstić information content (AvgIpc) is 2.78. The van der Waals surface area contributed by atoms with Crippen molar-refractivity contribution in [2.75, 3.05) is 17.7 Å². The zero-order valence-electron chi connectivity index (χ0n) is 15.0. The molecule has 7 nitrogen and oxygen atoms in total. The van der Waals surface area contributed by atoms with Gasteiger partial charge in [-0.15, -0.1) is 0 Å². The first-order valence-corrected chi connectivity index (χ1v) is 8.86. The summed E-state index contributed by atoms with van der Waals surface area (Å²) in [6.45, 7) is 0. The number of nitrogens with one attached hydrogen (secondary N) is 3. The standard InChI is InChI=1S/C20H18ClN3O4/c1-28-19(26)11-17-20(27)24-15-9-12(21)7-8-14(15)16(23-17)10-18(25)22-13-5-3-2-4-6-13/h2-10,17,23H,11H2,1H3,(H,22,25)(H,24,27)/b16-10-. The van der Waals surface area contributed by atoms with Crippen LogP contribution in [0.25, 0.3) is 5.70 Å². The van der Waals surface area contributed by atoms with Gasteiger partial charge in [0.15, 0.2) is 0 Å². The Morgan fingerprint density at radius 3 is 2.68 bits per heavy atom. The van der Waals surface area contributed by atoms with E-state index in [0.717, 1.165) is 0 Å². The van der Waals surface area contributed by atoms with Gasteiger partial charge < -0.3 is 20.7 Å². The van der Waals surface area contributed by atoms with Crippen LogP contribution in [0.5, 0.6) is 0 Å². The first kappa shape index (κ1) is 19.4. The predicted octanol–water partition coefficient (Wildman–Crippen LogP) is 2.79. The molecule has 28 heavy (non-hydrogen) atoms. The third kappa shape index (κ3) is 4.69. The van der Waals surface area contributed by atoms with Crippen molar-refractivity contribution >= 4 is 46.5 Å². The van der Waals surface area contributed by atoms with Gasteiger partial charge in [-0.1, -0.05) is 29.8 Å². The van der Waals surface area contributed by atoms with Crippen molar-refractivity contribution in [1.29, 1.82) is 0 Å². The van der Waals surface area contributed by atoms with Gasteiger partial charge in [-0.25, -0.2) is 0 Å². The maximum atomic E-state index is 12.5. The van der Waals surface area contributed by atoms with Gasteiger partial charge in [-0.2, -0.15) is 0 Å². The number of hydrogen-bond donors (Lipinski definition) is 3. The van der Waals surface area contributed by atoms with Crippen molar-refractivity contribution in [3.8, 4) is 0 Å². The van der Waals surface area contributed by atoms with E-state index in [1.54, 1.807) is 42.5 Å². The topological polar surface area (TPSA) is 96.5 Å². The largest absolute Gasteiger partial charge is 0.469 e. The van der Waals surface area contributed by atoms with Gasteiger partial charge in [0.05, 0.1) is 19.2 Å². The van der Waals surface area contributed by atoms with E-state index in [0.29, 0.717) is 27.7 Å². The lowest BCUT2D eigenvalue weighted by Crippen LogP contribution is -2.39. The monoisotopic (exact) mass is 399 g/mol. The number of benzene rings is 2. The molecule has 144 valence electrons. The maximum absolute atomic E-state index is 12.5. The number of hydrogen-bond acceptors (Lipinski definition) is 5. The highest BCUT2D eigenvalue weighted by atomic mass is 35.5. The number of amides is 2. The number of halogens is 1. The maximum Gasteiger partial charge on any atom is 0.308 e. The Morgan fingerprint density at radius 2 is 1.96 bits per heavy atom. The highest BCUT2D eigenvalue weighted by Crippen LogP contribution is 2.29. The fraction of sp³-hybridized carbons (Fsp3) is 0.150. The molecule has 0 spiro atoms. The molecule has 8 heteroatoms. The molecule has 0 aliphatic carbocycles. The van der Waals surface area contributed by atoms with Crippen LogP contribution in [0.15, 0.2) is 54.6 Å². The Morgan fingerprint density at radius 1 is 1.21 bits per heavy atom. The quantitative estimate of drug-likeness (QED) is 0.542. The Labute approximate surface area is 166 Å². The number of esters is 1. The minimum atomic E-state index is -0.908. The summed E-state index contributed by atoms with van der Waals surface area (Å²) < 4.78 is 4.65. The summed E-state index contributed by atoms with van der Waals surface area (Å²) >= 11 is 6.04. The molecule has 3 rings (SSSR count). The van der Waals surface area contributed by atoms with Gasteiger partial charge in [0.2, 0.25) is 11.8 Å². The summed E-state index contributed by atoms with van der Waals surface area (Å²) in [5.41, 5.74) is 2.03. The molecule has 0 fully saturated rings. The molecule has 0 saturated carbocycles. The van der Waals surface area contributed by atoms with Crippen LogP contribution < -0.4 is 16.0 Å². The second-order valence-electron chi connectivity index (χ2n) is 6.07. The molecular weight excluding hydrogens is 382 g/mol. The van der Waals surface area contributed by atoms with E-state index < -0.39 is 17.9 Å². The van der Waals surface area contributed by atoms with E-state index in [-0.39, 0.29) is 12.3 Å². The Balaban J connectivity index is 1.94. The zero-order chi connectivity index (χ0) is 20.1. The minimum absolute atomic E-state index is 0.193. The Kier molecular flexibility index (Phi) is 5.96. The number of fused-ring (bicyclic) bond motifs is 1. The van der Waals surface area contributed by atoms with Crippen LogP contribution in [0.1, 0.15) is 12.0 Å². The second-order valence-corrected chi connectivity index (χ2v) is 6.51. The normalized spacial score (nSPS) is 17.0. The molecule has 1 aliphatic heterocycles. The Hall–Kier alpha value is -3.32. The number of ether oxygens (including phenoxy) is 1. The molecule has 1 atom stereocenters. The van der Waals surface area contributed by atoms with E-state index in [1.165, 1.54) is 13.2 Å². The van der Waals surface area contributed by atoms with Crippen LogP contribution in [0.2, 0.25) is 5.02 Å². The summed E-state index contributed by atoms with van der Waals surface area (Å²) in [5, 5.41) is 8.88. The number of carbonyl (C=O) groups excluding carboxylic acids is 3. The van der Waals surface area contributed by atoms with E-state index in [1.807, 2.05) is 6.07 Å². The number of para-hydroxylation sites is 1. The molecule has 0 saturated heterocycles. The average molecular weight is 400 g/mol. The number of methoxy groups -OCH3 is 1. The highest BCUT2D eigenvalue weighted by Gasteiger charge is 2.28. The summed E-state index contributed by atoms with van der Waals surface area (Å²) in [6.07, 6.45) is 1.14. The highest BCUT2D eigenvalue weighted by molar-refractivity contribution is 6.31. The smallest absolute Gasteiger partial charge is 0.308 e. The van der Waals surface area contributed by atoms with Gasteiger partial charge in [-0.05, 0) is 30.3 Å². The van der Waals surface area contributed by atoms with Crippen molar-refractivity contribution in [1.82, 2.24) is 5.32 Å². The fourth-order valence-corrected chi connectivity index (χ4v) is 2.92. The SMILES string of the molecule is COC(=O)CC1N/C(=C\C(=O)Nc2ccccc2)c2ccc(Cl)cc2NC1=O. The molecule has 0 radical (unpaired) electrons. The molecular formula is C20H18ClN3O4. The van der Waals surface area contributed by atoms with Crippen molar-refractivity contribution < 1.29 is 19.1 Å². The van der Waals surface area contributed by atoms with E-state index in [4.69, 9.17) is 11.6 Å². The molecule has 0 bridgehead atoms. The molecule has 2 aromatic rings. The third-order valence-electron chi connectivity index (χ3n) is 4.09. The van der Waals surface area contributed by atoms with Gasteiger partial charge in [0.25, 0.3) is 0 Å². The van der Waals surface area contributed by atoms with Crippen molar-refractivity contribution in [3.05, 3.63) is 65.2 Å². The minimum Gasteiger partial charge on any atom is -0.469 e. The van der Waals surface area contributed by atoms with Crippen LogP contribution >= 0.6 is 11.6 Å². The molecule has 3 N–H and O–H groups in total. The van der Waals surface area contributed by atoms with Gasteiger partial charge in [0, 0.05) is 28.0 Å². The van der Waals surface area contributed by atoms with Crippen molar-refractivity contribution in [3.63, 3.8) is 0 Å². The zero-order valence-corrected chi connectivity index (χ0v) is 15.7. The summed E-state index contributed by atoms with van der Waals surface area (Å²) in [4.78, 5) is 36.7. The lowest BCUT2D eigenvalue weighted by molar-refractivity contribution is -0.142. The van der Waals surface area contributed by atoms with Gasteiger partial charge in [-0.3, -0.25) is 14.4 Å². The van der Waals surface area contributed by atoms with Crippen LogP contribution in [0, 0.1) is 0 Å².